The molecule has 2 bridgehead atoms. The molecule has 128 valence electrons. The summed E-state index contributed by atoms with van der Waals surface area (Å²) in [7, 11) is 0. The number of carbonyl (C=O) groups excluding carboxylic acids is 2. The molecule has 0 radical (unpaired) electrons. The fourth-order valence-electron chi connectivity index (χ4n) is 5.69. The number of carbonyl (C=O) groups is 2. The summed E-state index contributed by atoms with van der Waals surface area (Å²) < 4.78 is 0. The Morgan fingerprint density at radius 3 is 1.92 bits per heavy atom. The minimum Gasteiger partial charge on any atom is -0.412 e. The average Bonchev–Trinajstić information content (AvgIpc) is 3.28. The van der Waals surface area contributed by atoms with Crippen molar-refractivity contribution in [2.24, 2.45) is 29.6 Å². The van der Waals surface area contributed by atoms with Crippen molar-refractivity contribution in [3.63, 3.8) is 0 Å². The van der Waals surface area contributed by atoms with Crippen molar-refractivity contribution in [3.8, 4) is 5.75 Å². The van der Waals surface area contributed by atoms with Crippen LogP contribution in [0.4, 0.5) is 0 Å². The fraction of sp³-hybridized carbons (Fsp3) is 0.600. The standard InChI is InChI=1S/C20H25NO3/c1-3-10-8-14(24-21)9-11(4-2)15(10)18-19(22)16-12-5-6-13(7-12)17(16)20(18)23/h8-9,12-13,16-18H,3-7,21H2,1-2H3. The van der Waals surface area contributed by atoms with E-state index in [0.717, 1.165) is 48.8 Å². The molecule has 0 heterocycles. The number of rotatable bonds is 4. The Kier molecular flexibility index (Phi) is 3.75. The predicted molar refractivity (Wildman–Crippen MR) is 90.6 cm³/mol. The van der Waals surface area contributed by atoms with Gasteiger partial charge in [-0.15, -0.1) is 0 Å². The van der Waals surface area contributed by atoms with Crippen molar-refractivity contribution >= 4 is 11.6 Å². The lowest BCUT2D eigenvalue weighted by Crippen LogP contribution is -2.24. The molecule has 2 N–H and O–H groups in total. The van der Waals surface area contributed by atoms with E-state index >= 15 is 0 Å². The maximum atomic E-state index is 13.2. The Balaban J connectivity index is 1.82. The van der Waals surface area contributed by atoms with Crippen LogP contribution >= 0.6 is 0 Å². The van der Waals surface area contributed by atoms with Crippen LogP contribution in [0.3, 0.4) is 0 Å². The summed E-state index contributed by atoms with van der Waals surface area (Å²) in [5.74, 6) is 6.62. The molecule has 3 saturated carbocycles. The molecule has 0 aliphatic heterocycles. The van der Waals surface area contributed by atoms with Gasteiger partial charge in [-0.05, 0) is 72.8 Å². The first-order valence-electron chi connectivity index (χ1n) is 9.20. The predicted octanol–water partition coefficient (Wildman–Crippen LogP) is 2.96. The van der Waals surface area contributed by atoms with Gasteiger partial charge in [-0.3, -0.25) is 9.59 Å². The second kappa shape index (κ2) is 5.69. The van der Waals surface area contributed by atoms with Crippen molar-refractivity contribution in [2.75, 3.05) is 0 Å². The molecule has 0 amide bonds. The van der Waals surface area contributed by atoms with E-state index in [0.29, 0.717) is 17.6 Å². The number of ketones is 2. The summed E-state index contributed by atoms with van der Waals surface area (Å²) >= 11 is 0. The lowest BCUT2D eigenvalue weighted by molar-refractivity contribution is -0.125. The molecule has 4 rings (SSSR count). The van der Waals surface area contributed by atoms with Crippen LogP contribution in [0.2, 0.25) is 0 Å². The van der Waals surface area contributed by atoms with Crippen LogP contribution in [0.1, 0.15) is 55.7 Å². The Hall–Kier alpha value is -1.68. The maximum Gasteiger partial charge on any atom is 0.151 e. The van der Waals surface area contributed by atoms with Gasteiger partial charge in [0, 0.05) is 11.8 Å². The average molecular weight is 327 g/mol. The molecule has 4 heteroatoms. The fourth-order valence-corrected chi connectivity index (χ4v) is 5.69. The zero-order valence-corrected chi connectivity index (χ0v) is 14.4. The minimum absolute atomic E-state index is 0.0129. The second-order valence-corrected chi connectivity index (χ2v) is 7.60. The monoisotopic (exact) mass is 327 g/mol. The molecule has 1 aromatic carbocycles. The van der Waals surface area contributed by atoms with Crippen molar-refractivity contribution < 1.29 is 14.4 Å². The van der Waals surface area contributed by atoms with Crippen molar-refractivity contribution in [1.82, 2.24) is 0 Å². The van der Waals surface area contributed by atoms with E-state index in [2.05, 4.69) is 0 Å². The van der Waals surface area contributed by atoms with E-state index in [4.69, 9.17) is 10.7 Å². The van der Waals surface area contributed by atoms with Gasteiger partial charge in [0.1, 0.15) is 11.7 Å². The molecule has 4 atom stereocenters. The minimum atomic E-state index is -0.555. The number of hydrogen-bond acceptors (Lipinski definition) is 4. The molecule has 0 saturated heterocycles. The van der Waals surface area contributed by atoms with Gasteiger partial charge in [0.25, 0.3) is 0 Å². The van der Waals surface area contributed by atoms with Gasteiger partial charge < -0.3 is 4.84 Å². The van der Waals surface area contributed by atoms with E-state index in [-0.39, 0.29) is 23.4 Å². The molecular formula is C20H25NO3. The van der Waals surface area contributed by atoms with E-state index in [1.165, 1.54) is 0 Å². The number of nitrogens with two attached hydrogens (primary N) is 1. The topological polar surface area (TPSA) is 69.4 Å². The van der Waals surface area contributed by atoms with E-state index in [9.17, 15) is 9.59 Å². The van der Waals surface area contributed by atoms with Gasteiger partial charge in [0.2, 0.25) is 0 Å². The number of benzene rings is 1. The molecule has 3 aliphatic rings. The van der Waals surface area contributed by atoms with Gasteiger partial charge in [-0.2, -0.15) is 5.90 Å². The second-order valence-electron chi connectivity index (χ2n) is 7.60. The smallest absolute Gasteiger partial charge is 0.151 e. The van der Waals surface area contributed by atoms with Gasteiger partial charge in [-0.25, -0.2) is 0 Å². The number of aryl methyl sites for hydroxylation is 2. The summed E-state index contributed by atoms with van der Waals surface area (Å²) in [4.78, 5) is 31.3. The summed E-state index contributed by atoms with van der Waals surface area (Å²) in [5.41, 5.74) is 2.99. The molecule has 4 unspecified atom stereocenters. The largest absolute Gasteiger partial charge is 0.412 e. The van der Waals surface area contributed by atoms with Crippen molar-refractivity contribution in [2.45, 2.75) is 51.9 Å². The highest BCUT2D eigenvalue weighted by Gasteiger charge is 2.61. The summed E-state index contributed by atoms with van der Waals surface area (Å²) in [5, 5.41) is 0. The van der Waals surface area contributed by atoms with Gasteiger partial charge in [0.05, 0.1) is 0 Å². The maximum absolute atomic E-state index is 13.2. The van der Waals surface area contributed by atoms with Crippen molar-refractivity contribution in [3.05, 3.63) is 28.8 Å². The Morgan fingerprint density at radius 2 is 1.50 bits per heavy atom. The van der Waals surface area contributed by atoms with Crippen LogP contribution < -0.4 is 10.7 Å². The molecular weight excluding hydrogens is 302 g/mol. The molecule has 0 aromatic heterocycles. The first kappa shape index (κ1) is 15.8. The zero-order chi connectivity index (χ0) is 17.0. The third kappa shape index (κ3) is 2.02. The molecule has 3 aliphatic carbocycles. The van der Waals surface area contributed by atoms with Crippen LogP contribution in [-0.4, -0.2) is 11.6 Å². The highest BCUT2D eigenvalue weighted by Crippen LogP contribution is 2.59. The Morgan fingerprint density at radius 1 is 1.00 bits per heavy atom. The molecule has 0 spiro atoms. The third-order valence-electron chi connectivity index (χ3n) is 6.65. The van der Waals surface area contributed by atoms with Crippen LogP contribution in [0, 0.1) is 23.7 Å². The molecule has 1 aromatic rings. The highest BCUT2D eigenvalue weighted by molar-refractivity contribution is 6.17. The third-order valence-corrected chi connectivity index (χ3v) is 6.65. The molecule has 4 nitrogen and oxygen atoms in total. The SMILES string of the molecule is CCc1cc(ON)cc(CC)c1C1C(=O)C2C3CCC(C3)C2C1=O. The van der Waals surface area contributed by atoms with Gasteiger partial charge in [-0.1, -0.05) is 13.8 Å². The van der Waals surface area contributed by atoms with E-state index in [1.54, 1.807) is 0 Å². The van der Waals surface area contributed by atoms with Crippen molar-refractivity contribution in [1.29, 1.82) is 0 Å². The zero-order valence-electron chi connectivity index (χ0n) is 14.4. The normalized spacial score (nSPS) is 34.0. The Labute approximate surface area is 142 Å². The lowest BCUT2D eigenvalue weighted by atomic mass is 9.81. The van der Waals surface area contributed by atoms with E-state index < -0.39 is 5.92 Å². The van der Waals surface area contributed by atoms with Crippen LogP contribution in [0.5, 0.6) is 5.75 Å². The summed E-state index contributed by atoms with van der Waals surface area (Å²) in [6.45, 7) is 4.10. The molecule has 24 heavy (non-hydrogen) atoms. The van der Waals surface area contributed by atoms with E-state index in [1.807, 2.05) is 26.0 Å². The van der Waals surface area contributed by atoms with Crippen LogP contribution in [0.15, 0.2) is 12.1 Å². The Bertz CT molecular complexity index is 658. The first-order chi connectivity index (χ1) is 11.6. The highest BCUT2D eigenvalue weighted by atomic mass is 16.6. The number of Topliss-reactive ketones (excluding diaryl/α,β-unsaturated/α-hetero) is 2. The summed E-state index contributed by atoms with van der Waals surface area (Å²) in [6.07, 6.45) is 4.86. The molecule has 3 fully saturated rings. The lowest BCUT2D eigenvalue weighted by Gasteiger charge is -2.21. The first-order valence-corrected chi connectivity index (χ1v) is 9.20. The van der Waals surface area contributed by atoms with Crippen LogP contribution in [-0.2, 0) is 22.4 Å². The van der Waals surface area contributed by atoms with Gasteiger partial charge in [0.15, 0.2) is 11.6 Å². The number of hydrogen-bond donors (Lipinski definition) is 1. The summed E-state index contributed by atoms with van der Waals surface area (Å²) in [6, 6.07) is 3.77. The number of fused-ring (bicyclic) bond motifs is 5. The quantitative estimate of drug-likeness (QED) is 0.682. The van der Waals surface area contributed by atoms with Crippen LogP contribution in [0.25, 0.3) is 0 Å². The van der Waals surface area contributed by atoms with Gasteiger partial charge >= 0.3 is 0 Å².